The Kier molecular flexibility index (Phi) is 4.60. The molecule has 0 spiro atoms. The van der Waals surface area contributed by atoms with E-state index < -0.39 is 5.82 Å². The lowest BCUT2D eigenvalue weighted by Gasteiger charge is -1.98. The van der Waals surface area contributed by atoms with Crippen molar-refractivity contribution in [3.05, 3.63) is 83.7 Å². The number of rotatable bonds is 4. The molecule has 0 bridgehead atoms. The number of phenols is 2. The first-order valence-electron chi connectivity index (χ1n) is 8.48. The molecule has 5 nitrogen and oxygen atoms in total. The molecule has 1 aromatic heterocycles. The van der Waals surface area contributed by atoms with Gasteiger partial charge in [-0.25, -0.2) is 14.4 Å². The van der Waals surface area contributed by atoms with Gasteiger partial charge in [-0.2, -0.15) is 0 Å². The van der Waals surface area contributed by atoms with Crippen LogP contribution in [0.15, 0.2) is 81.1 Å². The second-order valence-corrected chi connectivity index (χ2v) is 6.03. The Hall–Kier alpha value is -3.93. The predicted octanol–water partition coefficient (Wildman–Crippen LogP) is 5.48. The van der Waals surface area contributed by atoms with Crippen LogP contribution in [0.4, 0.5) is 16.0 Å². The number of furan rings is 1. The fourth-order valence-electron chi connectivity index (χ4n) is 2.71. The fourth-order valence-corrected chi connectivity index (χ4v) is 2.71. The van der Waals surface area contributed by atoms with Crippen LogP contribution in [-0.2, 0) is 0 Å². The van der Waals surface area contributed by atoms with E-state index in [9.17, 15) is 14.6 Å². The zero-order chi connectivity index (χ0) is 19.5. The van der Waals surface area contributed by atoms with Crippen LogP contribution in [0.5, 0.6) is 11.5 Å². The van der Waals surface area contributed by atoms with E-state index in [-0.39, 0.29) is 17.4 Å². The molecule has 138 valence electrons. The predicted molar refractivity (Wildman–Crippen MR) is 107 cm³/mol. The van der Waals surface area contributed by atoms with E-state index in [0.29, 0.717) is 27.8 Å². The van der Waals surface area contributed by atoms with Crippen molar-refractivity contribution in [3.8, 4) is 11.5 Å². The molecule has 6 heteroatoms. The Labute approximate surface area is 159 Å². The quantitative estimate of drug-likeness (QED) is 0.464. The van der Waals surface area contributed by atoms with Gasteiger partial charge in [0, 0.05) is 23.6 Å². The monoisotopic (exact) mass is 374 g/mol. The number of benzene rings is 3. The third-order valence-corrected chi connectivity index (χ3v) is 4.13. The number of hydrogen-bond donors (Lipinski definition) is 2. The summed E-state index contributed by atoms with van der Waals surface area (Å²) in [6.07, 6.45) is 2.91. The van der Waals surface area contributed by atoms with Crippen LogP contribution in [0.1, 0.15) is 11.1 Å². The maximum atomic E-state index is 13.8. The third-order valence-electron chi connectivity index (χ3n) is 4.13. The fraction of sp³-hybridized carbons (Fsp3) is 0. The van der Waals surface area contributed by atoms with Gasteiger partial charge < -0.3 is 14.6 Å². The topological polar surface area (TPSA) is 78.3 Å². The van der Waals surface area contributed by atoms with Crippen molar-refractivity contribution in [1.29, 1.82) is 0 Å². The van der Waals surface area contributed by atoms with Crippen LogP contribution in [0.3, 0.4) is 0 Å². The summed E-state index contributed by atoms with van der Waals surface area (Å²) < 4.78 is 19.5. The smallest absolute Gasteiger partial charge is 0.246 e. The van der Waals surface area contributed by atoms with E-state index in [0.717, 1.165) is 0 Å². The Morgan fingerprint density at radius 2 is 1.39 bits per heavy atom. The first-order chi connectivity index (χ1) is 13.6. The molecule has 0 radical (unpaired) electrons. The van der Waals surface area contributed by atoms with Gasteiger partial charge in [0.15, 0.2) is 0 Å². The van der Waals surface area contributed by atoms with E-state index in [1.807, 2.05) is 0 Å². The number of halogens is 1. The number of aliphatic imine (C=N–C) groups is 2. The van der Waals surface area contributed by atoms with E-state index in [1.165, 1.54) is 30.6 Å². The van der Waals surface area contributed by atoms with Crippen LogP contribution in [-0.4, -0.2) is 22.6 Å². The summed E-state index contributed by atoms with van der Waals surface area (Å²) >= 11 is 0. The Morgan fingerprint density at radius 1 is 0.786 bits per heavy atom. The van der Waals surface area contributed by atoms with Gasteiger partial charge in [-0.3, -0.25) is 0 Å². The Balaban J connectivity index is 1.81. The van der Waals surface area contributed by atoms with Crippen molar-refractivity contribution in [1.82, 2.24) is 0 Å². The summed E-state index contributed by atoms with van der Waals surface area (Å²) in [6, 6.07) is 17.6. The van der Waals surface area contributed by atoms with Crippen LogP contribution >= 0.6 is 0 Å². The molecule has 3 aromatic carbocycles. The largest absolute Gasteiger partial charge is 0.507 e. The van der Waals surface area contributed by atoms with Gasteiger partial charge in [0.05, 0.1) is 5.39 Å². The molecule has 0 saturated heterocycles. The van der Waals surface area contributed by atoms with Gasteiger partial charge in [0.1, 0.15) is 28.6 Å². The van der Waals surface area contributed by atoms with Crippen molar-refractivity contribution in [2.24, 2.45) is 9.98 Å². The highest BCUT2D eigenvalue weighted by Gasteiger charge is 2.14. The molecule has 0 fully saturated rings. The molecule has 0 aliphatic heterocycles. The summed E-state index contributed by atoms with van der Waals surface area (Å²) in [7, 11) is 0. The van der Waals surface area contributed by atoms with Crippen molar-refractivity contribution in [2.75, 3.05) is 0 Å². The highest BCUT2D eigenvalue weighted by atomic mass is 19.1. The van der Waals surface area contributed by atoms with Crippen molar-refractivity contribution < 1.29 is 19.0 Å². The van der Waals surface area contributed by atoms with Crippen molar-refractivity contribution in [2.45, 2.75) is 0 Å². The second-order valence-electron chi connectivity index (χ2n) is 6.03. The molecule has 28 heavy (non-hydrogen) atoms. The van der Waals surface area contributed by atoms with Gasteiger partial charge >= 0.3 is 0 Å². The number of hydrogen-bond acceptors (Lipinski definition) is 5. The average Bonchev–Trinajstić information content (AvgIpc) is 3.03. The van der Waals surface area contributed by atoms with Gasteiger partial charge in [-0.05, 0) is 42.5 Å². The second kappa shape index (κ2) is 7.36. The maximum Gasteiger partial charge on any atom is 0.246 e. The maximum absolute atomic E-state index is 13.8. The molecule has 4 aromatic rings. The molecule has 0 aliphatic rings. The van der Waals surface area contributed by atoms with E-state index >= 15 is 0 Å². The highest BCUT2D eigenvalue weighted by Crippen LogP contribution is 2.40. The number of nitrogens with zero attached hydrogens (tertiary/aromatic N) is 2. The van der Waals surface area contributed by atoms with E-state index in [2.05, 4.69) is 9.98 Å². The molecule has 1 heterocycles. The molecule has 0 atom stereocenters. The van der Waals surface area contributed by atoms with Crippen LogP contribution < -0.4 is 0 Å². The van der Waals surface area contributed by atoms with Crippen molar-refractivity contribution >= 4 is 35.0 Å². The molecule has 0 aliphatic carbocycles. The van der Waals surface area contributed by atoms with Crippen LogP contribution in [0.2, 0.25) is 0 Å². The molecule has 2 N–H and O–H groups in total. The number of para-hydroxylation sites is 2. The summed E-state index contributed by atoms with van der Waals surface area (Å²) in [6.45, 7) is 0. The standard InChI is InChI=1S/C22H15FN2O3/c23-16-9-10-20-17(11-16)21(24-12-14-5-1-3-7-18(14)26)22(28-20)25-13-15-6-2-4-8-19(15)27/h1-13,26-27H. The molecule has 0 amide bonds. The van der Waals surface area contributed by atoms with E-state index in [4.69, 9.17) is 4.42 Å². The molecular weight excluding hydrogens is 359 g/mol. The van der Waals surface area contributed by atoms with Gasteiger partial charge in [-0.15, -0.1) is 0 Å². The minimum absolute atomic E-state index is 0.0736. The first-order valence-corrected chi connectivity index (χ1v) is 8.48. The third kappa shape index (κ3) is 3.48. The molecular formula is C22H15FN2O3. The van der Waals surface area contributed by atoms with Gasteiger partial charge in [0.25, 0.3) is 0 Å². The first kappa shape index (κ1) is 17.5. The lowest BCUT2D eigenvalue weighted by atomic mass is 10.2. The minimum atomic E-state index is -0.427. The zero-order valence-corrected chi connectivity index (χ0v) is 14.6. The van der Waals surface area contributed by atoms with E-state index in [1.54, 1.807) is 48.5 Å². The number of aromatic hydroxyl groups is 2. The Bertz CT molecular complexity index is 1210. The van der Waals surface area contributed by atoms with Crippen LogP contribution in [0.25, 0.3) is 11.0 Å². The van der Waals surface area contributed by atoms with Crippen molar-refractivity contribution in [3.63, 3.8) is 0 Å². The SMILES string of the molecule is Oc1ccccc1C=Nc1oc2ccc(F)cc2c1N=Cc1ccccc1O. The molecule has 0 unspecified atom stereocenters. The highest BCUT2D eigenvalue weighted by molar-refractivity contribution is 5.99. The summed E-state index contributed by atoms with van der Waals surface area (Å²) in [5.41, 5.74) is 1.76. The minimum Gasteiger partial charge on any atom is -0.507 e. The molecule has 0 saturated carbocycles. The van der Waals surface area contributed by atoms with Crippen LogP contribution in [0, 0.1) is 5.82 Å². The summed E-state index contributed by atoms with van der Waals surface area (Å²) in [5, 5.41) is 20.3. The zero-order valence-electron chi connectivity index (χ0n) is 14.6. The lowest BCUT2D eigenvalue weighted by molar-refractivity contribution is 0.474. The number of fused-ring (bicyclic) bond motifs is 1. The van der Waals surface area contributed by atoms with Gasteiger partial charge in [0.2, 0.25) is 5.88 Å². The Morgan fingerprint density at radius 3 is 2.04 bits per heavy atom. The number of phenolic OH excluding ortho intramolecular Hbond substituents is 2. The lowest BCUT2D eigenvalue weighted by Crippen LogP contribution is -1.81. The normalized spacial score (nSPS) is 11.8. The van der Waals surface area contributed by atoms with Gasteiger partial charge in [-0.1, -0.05) is 24.3 Å². The summed E-state index contributed by atoms with van der Waals surface area (Å²) in [4.78, 5) is 8.67. The summed E-state index contributed by atoms with van der Waals surface area (Å²) in [5.74, 6) is -0.115. The average molecular weight is 374 g/mol. The molecule has 4 rings (SSSR count).